The van der Waals surface area contributed by atoms with E-state index in [-0.39, 0.29) is 16.8 Å². The Bertz CT molecular complexity index is 1050. The lowest BCUT2D eigenvalue weighted by Crippen LogP contribution is -2.43. The van der Waals surface area contributed by atoms with E-state index in [1.807, 2.05) is 12.1 Å². The summed E-state index contributed by atoms with van der Waals surface area (Å²) < 4.78 is 38.8. The van der Waals surface area contributed by atoms with Crippen LogP contribution < -0.4 is 19.5 Å². The van der Waals surface area contributed by atoms with Crippen molar-refractivity contribution in [2.75, 3.05) is 38.7 Å². The number of fused-ring (bicyclic) bond motifs is 1. The maximum Gasteiger partial charge on any atom is 0.321 e. The molecule has 2 N–H and O–H groups in total. The van der Waals surface area contributed by atoms with Gasteiger partial charge in [-0.1, -0.05) is 12.1 Å². The topological polar surface area (TPSA) is 97.0 Å². The lowest BCUT2D eigenvalue weighted by atomic mass is 9.97. The summed E-state index contributed by atoms with van der Waals surface area (Å²) in [7, 11) is -2.01. The number of carbonyl (C=O) groups is 1. The minimum absolute atomic E-state index is 0.177. The van der Waals surface area contributed by atoms with Gasteiger partial charge in [0.15, 0.2) is 0 Å². The molecule has 0 radical (unpaired) electrons. The number of amides is 2. The molecule has 9 heteroatoms. The van der Waals surface area contributed by atoms with E-state index < -0.39 is 10.0 Å². The summed E-state index contributed by atoms with van der Waals surface area (Å²) in [5, 5.41) is 2.88. The lowest BCUT2D eigenvalue weighted by Gasteiger charge is -2.32. The molecule has 31 heavy (non-hydrogen) atoms. The predicted octanol–water partition coefficient (Wildman–Crippen LogP) is 2.85. The number of anilines is 1. The van der Waals surface area contributed by atoms with Crippen molar-refractivity contribution in [3.8, 4) is 11.5 Å². The van der Waals surface area contributed by atoms with Crippen molar-refractivity contribution >= 4 is 21.7 Å². The van der Waals surface area contributed by atoms with Crippen LogP contribution in [0.2, 0.25) is 0 Å². The van der Waals surface area contributed by atoms with Crippen LogP contribution in [0.4, 0.5) is 10.5 Å². The zero-order valence-electron chi connectivity index (χ0n) is 17.5. The Balaban J connectivity index is 1.27. The van der Waals surface area contributed by atoms with Crippen molar-refractivity contribution in [3.63, 3.8) is 0 Å². The van der Waals surface area contributed by atoms with E-state index in [1.54, 1.807) is 42.3 Å². The molecule has 0 atom stereocenters. The van der Waals surface area contributed by atoms with Crippen LogP contribution in [0.25, 0.3) is 0 Å². The van der Waals surface area contributed by atoms with Crippen molar-refractivity contribution in [3.05, 3.63) is 48.0 Å². The Kier molecular flexibility index (Phi) is 6.33. The first kappa shape index (κ1) is 21.5. The van der Waals surface area contributed by atoms with Crippen LogP contribution >= 0.6 is 0 Å². The van der Waals surface area contributed by atoms with E-state index in [4.69, 9.17) is 9.47 Å². The standard InChI is InChI=1S/C22H27N3O5S/c1-29-21-5-3-2-4-19(21)24-22(26)25-11-8-16(9-12-25)15-23-31(27,28)18-6-7-20-17(14-18)10-13-30-20/h2-7,14,16,23H,8-13,15H2,1H3,(H,24,26). The number of nitrogens with zero attached hydrogens (tertiary/aromatic N) is 1. The fourth-order valence-corrected chi connectivity index (χ4v) is 5.09. The minimum atomic E-state index is -3.57. The Morgan fingerprint density at radius 1 is 1.19 bits per heavy atom. The second-order valence-electron chi connectivity index (χ2n) is 7.78. The Labute approximate surface area is 182 Å². The molecule has 0 unspecified atom stereocenters. The molecule has 2 aliphatic rings. The van der Waals surface area contributed by atoms with Gasteiger partial charge in [0.05, 0.1) is 24.3 Å². The van der Waals surface area contributed by atoms with Gasteiger partial charge in [0.1, 0.15) is 11.5 Å². The predicted molar refractivity (Wildman–Crippen MR) is 117 cm³/mol. The van der Waals surface area contributed by atoms with Crippen LogP contribution in [-0.2, 0) is 16.4 Å². The zero-order valence-corrected chi connectivity index (χ0v) is 18.3. The van der Waals surface area contributed by atoms with Gasteiger partial charge in [0.25, 0.3) is 0 Å². The molecule has 2 aromatic carbocycles. The van der Waals surface area contributed by atoms with Gasteiger partial charge in [-0.05, 0) is 54.7 Å². The normalized spacial score (nSPS) is 16.5. The second-order valence-corrected chi connectivity index (χ2v) is 9.55. The first-order valence-corrected chi connectivity index (χ1v) is 11.9. The first-order valence-electron chi connectivity index (χ1n) is 10.4. The molecule has 0 bridgehead atoms. The SMILES string of the molecule is COc1ccccc1NC(=O)N1CCC(CNS(=O)(=O)c2ccc3c(c2)CCO3)CC1. The van der Waals surface area contributed by atoms with Crippen LogP contribution in [-0.4, -0.2) is 52.7 Å². The van der Waals surface area contributed by atoms with Crippen LogP contribution in [0.3, 0.4) is 0 Å². The molecule has 0 aliphatic carbocycles. The highest BCUT2D eigenvalue weighted by molar-refractivity contribution is 7.89. The van der Waals surface area contributed by atoms with E-state index in [0.717, 1.165) is 30.6 Å². The molecule has 0 aromatic heterocycles. The van der Waals surface area contributed by atoms with Gasteiger partial charge in [-0.3, -0.25) is 0 Å². The molecule has 8 nitrogen and oxygen atoms in total. The highest BCUT2D eigenvalue weighted by Gasteiger charge is 2.25. The molecule has 166 valence electrons. The average molecular weight is 446 g/mol. The molecular weight excluding hydrogens is 418 g/mol. The van der Waals surface area contributed by atoms with E-state index in [0.29, 0.717) is 37.7 Å². The highest BCUT2D eigenvalue weighted by Crippen LogP contribution is 2.28. The van der Waals surface area contributed by atoms with Gasteiger partial charge in [-0.15, -0.1) is 0 Å². The maximum absolute atomic E-state index is 12.7. The van der Waals surface area contributed by atoms with E-state index in [9.17, 15) is 13.2 Å². The molecule has 2 amide bonds. The molecule has 1 fully saturated rings. The summed E-state index contributed by atoms with van der Waals surface area (Å²) in [5.41, 5.74) is 1.56. The highest BCUT2D eigenvalue weighted by atomic mass is 32.2. The van der Waals surface area contributed by atoms with Crippen molar-refractivity contribution < 1.29 is 22.7 Å². The molecule has 2 aromatic rings. The number of hydrogen-bond acceptors (Lipinski definition) is 5. The quantitative estimate of drug-likeness (QED) is 0.713. The number of nitrogens with one attached hydrogen (secondary N) is 2. The van der Waals surface area contributed by atoms with Crippen LogP contribution in [0.15, 0.2) is 47.4 Å². The third-order valence-corrected chi connectivity index (χ3v) is 7.20. The summed E-state index contributed by atoms with van der Waals surface area (Å²) >= 11 is 0. The number of piperidine rings is 1. The van der Waals surface area contributed by atoms with Gasteiger partial charge >= 0.3 is 6.03 Å². The number of likely N-dealkylation sites (tertiary alicyclic amines) is 1. The van der Waals surface area contributed by atoms with Crippen LogP contribution in [0.1, 0.15) is 18.4 Å². The number of hydrogen-bond donors (Lipinski definition) is 2. The largest absolute Gasteiger partial charge is 0.495 e. The maximum atomic E-state index is 12.7. The monoisotopic (exact) mass is 445 g/mol. The molecular formula is C22H27N3O5S. The molecule has 0 saturated carbocycles. The van der Waals surface area contributed by atoms with Gasteiger partial charge < -0.3 is 19.7 Å². The third kappa shape index (κ3) is 4.94. The number of sulfonamides is 1. The fourth-order valence-electron chi connectivity index (χ4n) is 3.92. The fraction of sp³-hybridized carbons (Fsp3) is 0.409. The smallest absolute Gasteiger partial charge is 0.321 e. The number of ether oxygens (including phenoxy) is 2. The molecule has 0 spiro atoms. The van der Waals surface area contributed by atoms with Crippen molar-refractivity contribution in [2.45, 2.75) is 24.2 Å². The summed E-state index contributed by atoms with van der Waals surface area (Å²) in [6.07, 6.45) is 2.20. The number of para-hydroxylation sites is 2. The second kappa shape index (κ2) is 9.15. The Morgan fingerprint density at radius 3 is 2.74 bits per heavy atom. The zero-order chi connectivity index (χ0) is 21.8. The third-order valence-electron chi connectivity index (χ3n) is 5.78. The summed E-state index contributed by atoms with van der Waals surface area (Å²) in [4.78, 5) is 14.6. The van der Waals surface area contributed by atoms with E-state index >= 15 is 0 Å². The average Bonchev–Trinajstić information content (AvgIpc) is 3.26. The first-order chi connectivity index (χ1) is 15.0. The number of carbonyl (C=O) groups excluding carboxylic acids is 1. The van der Waals surface area contributed by atoms with Crippen LogP contribution in [0.5, 0.6) is 11.5 Å². The van der Waals surface area contributed by atoms with E-state index in [1.165, 1.54) is 0 Å². The van der Waals surface area contributed by atoms with Gasteiger partial charge in [0, 0.05) is 26.1 Å². The number of benzene rings is 2. The molecule has 1 saturated heterocycles. The van der Waals surface area contributed by atoms with Crippen LogP contribution in [0, 0.1) is 5.92 Å². The molecule has 4 rings (SSSR count). The summed E-state index contributed by atoms with van der Waals surface area (Å²) in [6.45, 7) is 2.10. The Morgan fingerprint density at radius 2 is 1.97 bits per heavy atom. The molecule has 2 aliphatic heterocycles. The van der Waals surface area contributed by atoms with Crippen molar-refractivity contribution in [1.82, 2.24) is 9.62 Å². The van der Waals surface area contributed by atoms with Crippen molar-refractivity contribution in [1.29, 1.82) is 0 Å². The number of methoxy groups -OCH3 is 1. The summed E-state index contributed by atoms with van der Waals surface area (Å²) in [6, 6.07) is 12.1. The van der Waals surface area contributed by atoms with Gasteiger partial charge in [-0.25, -0.2) is 17.9 Å². The minimum Gasteiger partial charge on any atom is -0.495 e. The molecule has 2 heterocycles. The lowest BCUT2D eigenvalue weighted by molar-refractivity contribution is 0.183. The number of urea groups is 1. The van der Waals surface area contributed by atoms with Gasteiger partial charge in [0.2, 0.25) is 10.0 Å². The Hall–Kier alpha value is -2.78. The summed E-state index contributed by atoms with van der Waals surface area (Å²) in [5.74, 6) is 1.55. The van der Waals surface area contributed by atoms with E-state index in [2.05, 4.69) is 10.0 Å². The van der Waals surface area contributed by atoms with Crippen molar-refractivity contribution in [2.24, 2.45) is 5.92 Å². The van der Waals surface area contributed by atoms with Gasteiger partial charge in [-0.2, -0.15) is 0 Å². The number of rotatable bonds is 6.